The molecule has 2 rings (SSSR count). The highest BCUT2D eigenvalue weighted by Crippen LogP contribution is 2.14. The highest BCUT2D eigenvalue weighted by molar-refractivity contribution is 7.89. The Hall–Kier alpha value is -2.46. The molecule has 1 saturated heterocycles. The van der Waals surface area contributed by atoms with E-state index in [4.69, 9.17) is 5.11 Å². The lowest BCUT2D eigenvalue weighted by molar-refractivity contribution is -0.136. The third kappa shape index (κ3) is 5.81. The summed E-state index contributed by atoms with van der Waals surface area (Å²) in [6, 6.07) is 6.13. The molecule has 0 spiro atoms. The number of carbonyl (C=O) groups is 3. The largest absolute Gasteiger partial charge is 0.481 e. The SMILES string of the molecule is O=C(O)CCNC(=O)c1ccc(NC(=O)CCN2CCCS2(=O)=O)cc1. The summed E-state index contributed by atoms with van der Waals surface area (Å²) >= 11 is 0. The molecule has 0 aromatic heterocycles. The van der Waals surface area contributed by atoms with Gasteiger partial charge in [-0.05, 0) is 30.7 Å². The number of nitrogens with zero attached hydrogens (tertiary/aromatic N) is 1. The molecule has 26 heavy (non-hydrogen) atoms. The number of rotatable bonds is 8. The van der Waals surface area contributed by atoms with Gasteiger partial charge in [-0.1, -0.05) is 0 Å². The molecule has 9 nitrogen and oxygen atoms in total. The fourth-order valence-corrected chi connectivity index (χ4v) is 4.01. The number of aliphatic carboxylic acids is 1. The first-order valence-electron chi connectivity index (χ1n) is 8.16. The van der Waals surface area contributed by atoms with E-state index in [1.54, 1.807) is 12.1 Å². The Kier molecular flexibility index (Phi) is 6.70. The number of anilines is 1. The fourth-order valence-electron chi connectivity index (χ4n) is 2.48. The first-order chi connectivity index (χ1) is 12.3. The van der Waals surface area contributed by atoms with Crippen molar-refractivity contribution in [2.75, 3.05) is 30.7 Å². The van der Waals surface area contributed by atoms with E-state index in [1.807, 2.05) is 0 Å². The number of carboxylic acid groups (broad SMARTS) is 1. The van der Waals surface area contributed by atoms with Crippen molar-refractivity contribution in [3.05, 3.63) is 29.8 Å². The third-order valence-electron chi connectivity index (χ3n) is 3.85. The summed E-state index contributed by atoms with van der Waals surface area (Å²) in [5.74, 6) is -1.58. The minimum atomic E-state index is -3.21. The van der Waals surface area contributed by atoms with E-state index in [0.29, 0.717) is 24.2 Å². The lowest BCUT2D eigenvalue weighted by atomic mass is 10.2. The Morgan fingerprint density at radius 1 is 1.12 bits per heavy atom. The summed E-state index contributed by atoms with van der Waals surface area (Å²) in [7, 11) is -3.21. The molecule has 1 aliphatic rings. The molecule has 1 fully saturated rings. The lowest BCUT2D eigenvalue weighted by Gasteiger charge is -2.13. The smallest absolute Gasteiger partial charge is 0.305 e. The molecule has 1 heterocycles. The van der Waals surface area contributed by atoms with Gasteiger partial charge in [-0.25, -0.2) is 12.7 Å². The normalized spacial score (nSPS) is 16.2. The molecule has 1 aromatic carbocycles. The highest BCUT2D eigenvalue weighted by atomic mass is 32.2. The van der Waals surface area contributed by atoms with Gasteiger partial charge < -0.3 is 15.7 Å². The van der Waals surface area contributed by atoms with Gasteiger partial charge in [-0.2, -0.15) is 0 Å². The van der Waals surface area contributed by atoms with E-state index < -0.39 is 21.9 Å². The van der Waals surface area contributed by atoms with Crippen molar-refractivity contribution in [2.24, 2.45) is 0 Å². The predicted molar refractivity (Wildman–Crippen MR) is 94.3 cm³/mol. The van der Waals surface area contributed by atoms with E-state index in [9.17, 15) is 22.8 Å². The summed E-state index contributed by atoms with van der Waals surface area (Å²) in [5.41, 5.74) is 0.831. The summed E-state index contributed by atoms with van der Waals surface area (Å²) < 4.78 is 24.7. The van der Waals surface area contributed by atoms with Crippen LogP contribution < -0.4 is 10.6 Å². The molecule has 0 atom stereocenters. The van der Waals surface area contributed by atoms with Crippen LogP contribution >= 0.6 is 0 Å². The van der Waals surface area contributed by atoms with E-state index in [-0.39, 0.29) is 37.6 Å². The molecule has 0 unspecified atom stereocenters. The Balaban J connectivity index is 1.80. The van der Waals surface area contributed by atoms with Crippen LogP contribution in [-0.4, -0.2) is 61.0 Å². The van der Waals surface area contributed by atoms with Crippen LogP contribution in [0.4, 0.5) is 5.69 Å². The van der Waals surface area contributed by atoms with Gasteiger partial charge in [0.1, 0.15) is 0 Å². The van der Waals surface area contributed by atoms with Gasteiger partial charge in [-0.3, -0.25) is 14.4 Å². The van der Waals surface area contributed by atoms with Crippen molar-refractivity contribution in [3.63, 3.8) is 0 Å². The zero-order chi connectivity index (χ0) is 19.2. The van der Waals surface area contributed by atoms with Crippen LogP contribution in [0.15, 0.2) is 24.3 Å². The van der Waals surface area contributed by atoms with Crippen molar-refractivity contribution >= 4 is 33.5 Å². The number of hydrogen-bond acceptors (Lipinski definition) is 5. The molecule has 0 saturated carbocycles. The molecule has 142 valence electrons. The topological polar surface area (TPSA) is 133 Å². The Morgan fingerprint density at radius 3 is 2.38 bits per heavy atom. The van der Waals surface area contributed by atoms with Crippen LogP contribution in [0, 0.1) is 0 Å². The van der Waals surface area contributed by atoms with Gasteiger partial charge in [-0.15, -0.1) is 0 Å². The quantitative estimate of drug-likeness (QED) is 0.590. The zero-order valence-corrected chi connectivity index (χ0v) is 14.9. The summed E-state index contributed by atoms with van der Waals surface area (Å²) in [4.78, 5) is 34.2. The average Bonchev–Trinajstić information content (AvgIpc) is 2.91. The van der Waals surface area contributed by atoms with Crippen LogP contribution in [0.1, 0.15) is 29.6 Å². The maximum Gasteiger partial charge on any atom is 0.305 e. The maximum atomic E-state index is 11.9. The van der Waals surface area contributed by atoms with Crippen LogP contribution in [-0.2, 0) is 19.6 Å². The zero-order valence-electron chi connectivity index (χ0n) is 14.1. The van der Waals surface area contributed by atoms with Crippen molar-refractivity contribution in [3.8, 4) is 0 Å². The Labute approximate surface area is 151 Å². The molecule has 0 aliphatic carbocycles. The molecule has 1 aromatic rings. The fraction of sp³-hybridized carbons (Fsp3) is 0.438. The minimum Gasteiger partial charge on any atom is -0.481 e. The number of amides is 2. The van der Waals surface area contributed by atoms with Gasteiger partial charge in [0.15, 0.2) is 0 Å². The molecule has 1 aliphatic heterocycles. The summed E-state index contributed by atoms with van der Waals surface area (Å²) in [6.45, 7) is 0.631. The predicted octanol–water partition coefficient (Wildman–Crippen LogP) is 0.255. The maximum absolute atomic E-state index is 11.9. The number of carboxylic acids is 1. The van der Waals surface area contributed by atoms with E-state index in [1.165, 1.54) is 16.4 Å². The van der Waals surface area contributed by atoms with Gasteiger partial charge in [0.05, 0.1) is 12.2 Å². The van der Waals surface area contributed by atoms with Crippen molar-refractivity contribution in [1.82, 2.24) is 9.62 Å². The van der Waals surface area contributed by atoms with Crippen LogP contribution in [0.5, 0.6) is 0 Å². The number of sulfonamides is 1. The molecular formula is C16H21N3O6S. The van der Waals surface area contributed by atoms with Crippen LogP contribution in [0.2, 0.25) is 0 Å². The number of carbonyl (C=O) groups excluding carboxylic acids is 2. The Morgan fingerprint density at radius 2 is 1.81 bits per heavy atom. The standard InChI is InChI=1S/C16H21N3O6S/c20-14(7-10-19-9-1-11-26(19,24)25)18-13-4-2-12(3-5-13)16(23)17-8-6-15(21)22/h2-5H,1,6-11H2,(H,17,23)(H,18,20)(H,21,22). The van der Waals surface area contributed by atoms with Gasteiger partial charge in [0.2, 0.25) is 15.9 Å². The minimum absolute atomic E-state index is 0.0338. The van der Waals surface area contributed by atoms with Crippen LogP contribution in [0.3, 0.4) is 0 Å². The van der Waals surface area contributed by atoms with Gasteiger partial charge >= 0.3 is 5.97 Å². The Bertz CT molecular complexity index is 776. The number of nitrogens with one attached hydrogen (secondary N) is 2. The lowest BCUT2D eigenvalue weighted by Crippen LogP contribution is -2.29. The first kappa shape index (κ1) is 19.9. The highest BCUT2D eigenvalue weighted by Gasteiger charge is 2.28. The first-order valence-corrected chi connectivity index (χ1v) is 9.76. The van der Waals surface area contributed by atoms with Crippen molar-refractivity contribution in [1.29, 1.82) is 0 Å². The second-order valence-electron chi connectivity index (χ2n) is 5.84. The molecule has 2 amide bonds. The number of hydrogen-bond donors (Lipinski definition) is 3. The molecule has 0 bridgehead atoms. The third-order valence-corrected chi connectivity index (χ3v) is 5.80. The number of benzene rings is 1. The molecular weight excluding hydrogens is 362 g/mol. The average molecular weight is 383 g/mol. The van der Waals surface area contributed by atoms with E-state index >= 15 is 0 Å². The molecule has 10 heteroatoms. The summed E-state index contributed by atoms with van der Waals surface area (Å²) in [5, 5.41) is 13.7. The molecule has 3 N–H and O–H groups in total. The van der Waals surface area contributed by atoms with Crippen LogP contribution in [0.25, 0.3) is 0 Å². The summed E-state index contributed by atoms with van der Waals surface area (Å²) in [6.07, 6.45) is 0.475. The van der Waals surface area contributed by atoms with Crippen molar-refractivity contribution in [2.45, 2.75) is 19.3 Å². The second kappa shape index (κ2) is 8.77. The monoisotopic (exact) mass is 383 g/mol. The van der Waals surface area contributed by atoms with Gasteiger partial charge in [0.25, 0.3) is 5.91 Å². The molecule has 0 radical (unpaired) electrons. The van der Waals surface area contributed by atoms with Gasteiger partial charge in [0, 0.05) is 37.3 Å². The van der Waals surface area contributed by atoms with E-state index in [0.717, 1.165) is 0 Å². The van der Waals surface area contributed by atoms with E-state index in [2.05, 4.69) is 10.6 Å². The van der Waals surface area contributed by atoms with Crippen molar-refractivity contribution < 1.29 is 27.9 Å². The second-order valence-corrected chi connectivity index (χ2v) is 7.93.